The van der Waals surface area contributed by atoms with Gasteiger partial charge in [-0.25, -0.2) is 0 Å². The second kappa shape index (κ2) is 6.92. The minimum atomic E-state index is -0.324. The second-order valence-corrected chi connectivity index (χ2v) is 5.88. The molecule has 2 heterocycles. The largest absolute Gasteiger partial charge is 0.486 e. The van der Waals surface area contributed by atoms with E-state index in [-0.39, 0.29) is 11.9 Å². The van der Waals surface area contributed by atoms with Crippen LogP contribution in [0.25, 0.3) is 0 Å². The van der Waals surface area contributed by atoms with E-state index in [0.29, 0.717) is 31.3 Å². The molecule has 1 aromatic carbocycles. The quantitative estimate of drug-likeness (QED) is 0.905. The van der Waals surface area contributed by atoms with Crippen LogP contribution < -0.4 is 14.8 Å². The number of aryl methyl sites for hydroxylation is 1. The van der Waals surface area contributed by atoms with Crippen LogP contribution in [-0.4, -0.2) is 42.3 Å². The number of likely N-dealkylation sites (N-methyl/N-ethyl adjacent to an activating group) is 1. The van der Waals surface area contributed by atoms with Gasteiger partial charge in [-0.15, -0.1) is 0 Å². The Bertz CT molecular complexity index is 728. The zero-order valence-corrected chi connectivity index (χ0v) is 14.0. The summed E-state index contributed by atoms with van der Waals surface area (Å²) in [6, 6.07) is 7.20. The van der Waals surface area contributed by atoms with Crippen LogP contribution in [0.5, 0.6) is 11.5 Å². The number of hydrogen-bond donors (Lipinski definition) is 1. The van der Waals surface area contributed by atoms with Crippen molar-refractivity contribution in [2.75, 3.05) is 25.6 Å². The molecule has 0 radical (unpaired) electrons. The minimum Gasteiger partial charge on any atom is -0.486 e. The molecule has 24 heavy (non-hydrogen) atoms. The number of anilines is 1. The lowest BCUT2D eigenvalue weighted by molar-refractivity contribution is -0.120. The molecule has 2 aromatic rings. The predicted octanol–water partition coefficient (Wildman–Crippen LogP) is 2.21. The number of hydrogen-bond acceptors (Lipinski definition) is 6. The van der Waals surface area contributed by atoms with Gasteiger partial charge in [0, 0.05) is 12.6 Å². The first-order valence-corrected chi connectivity index (χ1v) is 7.86. The number of nitrogens with one attached hydrogen (secondary N) is 1. The lowest BCUT2D eigenvalue weighted by atomic mass is 10.1. The number of aromatic nitrogens is 1. The zero-order valence-electron chi connectivity index (χ0n) is 14.0. The maximum absolute atomic E-state index is 12.3. The van der Waals surface area contributed by atoms with Crippen LogP contribution in [0, 0.1) is 6.92 Å². The molecule has 3 rings (SSSR count). The van der Waals surface area contributed by atoms with E-state index in [2.05, 4.69) is 10.5 Å². The molecule has 7 nitrogen and oxygen atoms in total. The molecule has 1 unspecified atom stereocenters. The van der Waals surface area contributed by atoms with Crippen molar-refractivity contribution in [3.8, 4) is 11.5 Å². The van der Waals surface area contributed by atoms with Crippen molar-refractivity contribution in [1.82, 2.24) is 10.1 Å². The Morgan fingerprint density at radius 3 is 2.75 bits per heavy atom. The molecule has 128 valence electrons. The molecule has 0 saturated carbocycles. The highest BCUT2D eigenvalue weighted by atomic mass is 16.6. The highest BCUT2D eigenvalue weighted by Gasteiger charge is 2.20. The van der Waals surface area contributed by atoms with Gasteiger partial charge in [0.15, 0.2) is 17.3 Å². The van der Waals surface area contributed by atoms with Crippen LogP contribution in [0.4, 0.5) is 5.82 Å². The van der Waals surface area contributed by atoms with E-state index in [1.54, 1.807) is 13.0 Å². The summed E-state index contributed by atoms with van der Waals surface area (Å²) in [6.45, 7) is 5.37. The van der Waals surface area contributed by atoms with E-state index in [1.807, 2.05) is 37.1 Å². The van der Waals surface area contributed by atoms with E-state index >= 15 is 0 Å². The Balaban J connectivity index is 1.61. The molecule has 7 heteroatoms. The minimum absolute atomic E-state index is 0.136. The van der Waals surface area contributed by atoms with Gasteiger partial charge in [-0.1, -0.05) is 11.2 Å². The Kier molecular flexibility index (Phi) is 4.71. The summed E-state index contributed by atoms with van der Waals surface area (Å²) < 4.78 is 16.1. The average Bonchev–Trinajstić information content (AvgIpc) is 2.98. The Morgan fingerprint density at radius 1 is 1.29 bits per heavy atom. The third-order valence-electron chi connectivity index (χ3n) is 3.96. The first-order chi connectivity index (χ1) is 11.5. The standard InChI is InChI=1S/C17H21N3O4/c1-11-8-16(19-24-11)18-17(21)12(2)20(3)10-13-4-5-14-15(9-13)23-7-6-22-14/h4-5,8-9,12H,6-7,10H2,1-3H3,(H,18,19,21). The zero-order chi connectivity index (χ0) is 17.1. The summed E-state index contributed by atoms with van der Waals surface area (Å²) in [5, 5.41) is 6.52. The van der Waals surface area contributed by atoms with Crippen molar-refractivity contribution in [3.63, 3.8) is 0 Å². The number of benzene rings is 1. The first kappa shape index (κ1) is 16.3. The molecule has 1 atom stereocenters. The van der Waals surface area contributed by atoms with Crippen LogP contribution in [0.2, 0.25) is 0 Å². The van der Waals surface area contributed by atoms with Crippen molar-refractivity contribution < 1.29 is 18.8 Å². The van der Waals surface area contributed by atoms with Gasteiger partial charge in [0.1, 0.15) is 19.0 Å². The van der Waals surface area contributed by atoms with Gasteiger partial charge in [0.05, 0.1) is 6.04 Å². The Hall–Kier alpha value is -2.54. The number of amides is 1. The predicted molar refractivity (Wildman–Crippen MR) is 88.2 cm³/mol. The lowest BCUT2D eigenvalue weighted by Gasteiger charge is -2.24. The van der Waals surface area contributed by atoms with Crippen LogP contribution in [-0.2, 0) is 11.3 Å². The van der Waals surface area contributed by atoms with Gasteiger partial charge in [-0.2, -0.15) is 0 Å². The molecule has 0 spiro atoms. The van der Waals surface area contributed by atoms with Crippen LogP contribution in [0.3, 0.4) is 0 Å². The Labute approximate surface area is 140 Å². The summed E-state index contributed by atoms with van der Waals surface area (Å²) in [7, 11) is 1.90. The van der Waals surface area contributed by atoms with Crippen LogP contribution in [0.15, 0.2) is 28.8 Å². The van der Waals surface area contributed by atoms with E-state index in [0.717, 1.165) is 17.1 Å². The second-order valence-electron chi connectivity index (χ2n) is 5.88. The summed E-state index contributed by atoms with van der Waals surface area (Å²) in [5.41, 5.74) is 1.05. The molecule has 1 aromatic heterocycles. The molecular weight excluding hydrogens is 310 g/mol. The van der Waals surface area contributed by atoms with Crippen LogP contribution in [0.1, 0.15) is 18.2 Å². The number of fused-ring (bicyclic) bond motifs is 1. The molecule has 0 bridgehead atoms. The van der Waals surface area contributed by atoms with Gasteiger partial charge in [0.25, 0.3) is 0 Å². The summed E-state index contributed by atoms with van der Waals surface area (Å²) in [6.07, 6.45) is 0. The normalized spacial score (nSPS) is 14.5. The Morgan fingerprint density at radius 2 is 2.04 bits per heavy atom. The molecule has 0 saturated heterocycles. The number of nitrogens with zero attached hydrogens (tertiary/aromatic N) is 2. The number of carbonyl (C=O) groups excluding carboxylic acids is 1. The van der Waals surface area contributed by atoms with E-state index < -0.39 is 0 Å². The topological polar surface area (TPSA) is 76.8 Å². The SMILES string of the molecule is Cc1cc(NC(=O)C(C)N(C)Cc2ccc3c(c2)OCCO3)no1. The van der Waals surface area contributed by atoms with E-state index in [1.165, 1.54) is 0 Å². The van der Waals surface area contributed by atoms with Crippen molar-refractivity contribution in [1.29, 1.82) is 0 Å². The molecule has 1 aliphatic heterocycles. The van der Waals surface area contributed by atoms with E-state index in [9.17, 15) is 4.79 Å². The monoisotopic (exact) mass is 331 g/mol. The lowest BCUT2D eigenvalue weighted by Crippen LogP contribution is -2.39. The first-order valence-electron chi connectivity index (χ1n) is 7.86. The molecule has 0 fully saturated rings. The van der Waals surface area contributed by atoms with Crippen molar-refractivity contribution in [2.45, 2.75) is 26.4 Å². The van der Waals surface area contributed by atoms with Gasteiger partial charge < -0.3 is 19.3 Å². The highest BCUT2D eigenvalue weighted by Crippen LogP contribution is 2.31. The van der Waals surface area contributed by atoms with Gasteiger partial charge in [-0.05, 0) is 38.6 Å². The van der Waals surface area contributed by atoms with E-state index in [4.69, 9.17) is 14.0 Å². The number of carbonyl (C=O) groups is 1. The van der Waals surface area contributed by atoms with Gasteiger partial charge in [-0.3, -0.25) is 9.69 Å². The average molecular weight is 331 g/mol. The van der Waals surface area contributed by atoms with Gasteiger partial charge >= 0.3 is 0 Å². The smallest absolute Gasteiger partial charge is 0.242 e. The molecule has 1 N–H and O–H groups in total. The van der Waals surface area contributed by atoms with Crippen LogP contribution >= 0.6 is 0 Å². The molecule has 0 aliphatic carbocycles. The maximum Gasteiger partial charge on any atom is 0.242 e. The number of rotatable bonds is 5. The van der Waals surface area contributed by atoms with Crippen molar-refractivity contribution >= 4 is 11.7 Å². The molecule has 1 aliphatic rings. The maximum atomic E-state index is 12.3. The fraction of sp³-hybridized carbons (Fsp3) is 0.412. The number of ether oxygens (including phenoxy) is 2. The fourth-order valence-electron chi connectivity index (χ4n) is 2.47. The molecule has 1 amide bonds. The summed E-state index contributed by atoms with van der Waals surface area (Å²) >= 11 is 0. The summed E-state index contributed by atoms with van der Waals surface area (Å²) in [4.78, 5) is 14.3. The summed E-state index contributed by atoms with van der Waals surface area (Å²) in [5.74, 6) is 2.46. The molecular formula is C17H21N3O4. The van der Waals surface area contributed by atoms with Crippen molar-refractivity contribution in [3.05, 3.63) is 35.6 Å². The van der Waals surface area contributed by atoms with Crippen molar-refractivity contribution in [2.24, 2.45) is 0 Å². The third kappa shape index (κ3) is 3.68. The highest BCUT2D eigenvalue weighted by molar-refractivity contribution is 5.93. The van der Waals surface area contributed by atoms with Gasteiger partial charge in [0.2, 0.25) is 5.91 Å². The fourth-order valence-corrected chi connectivity index (χ4v) is 2.47. The third-order valence-corrected chi connectivity index (χ3v) is 3.96.